The van der Waals surface area contributed by atoms with Crippen LogP contribution in [0.15, 0.2) is 59.5 Å². The average molecular weight is 586 g/mol. The first-order valence-electron chi connectivity index (χ1n) is 10.4. The van der Waals surface area contributed by atoms with Crippen LogP contribution in [-0.4, -0.2) is 37.4 Å². The van der Waals surface area contributed by atoms with E-state index in [4.69, 9.17) is 12.2 Å². The van der Waals surface area contributed by atoms with E-state index < -0.39 is 35.9 Å². The maximum Gasteiger partial charge on any atom is 0.512 e. The molecule has 1 atom stereocenters. The predicted octanol–water partition coefficient (Wildman–Crippen LogP) is 6.04. The minimum Gasteiger partial charge on any atom is -0.206 e. The van der Waals surface area contributed by atoms with Crippen molar-refractivity contribution in [3.63, 3.8) is 0 Å². The Morgan fingerprint density at radius 3 is 2.06 bits per heavy atom. The molecule has 1 N–H and O–H groups in total. The molecule has 0 fully saturated rings. The fourth-order valence-corrected chi connectivity index (χ4v) is 8.13. The normalized spacial score (nSPS) is 14.0. The Hall–Kier alpha value is -1.12. The third-order valence-electron chi connectivity index (χ3n) is 5.16. The molecule has 0 heterocycles. The zero-order valence-electron chi connectivity index (χ0n) is 19.2. The van der Waals surface area contributed by atoms with Gasteiger partial charge in [-0.1, -0.05) is 79.6 Å². The molecule has 0 saturated carbocycles. The number of rotatable bonds is 10. The van der Waals surface area contributed by atoms with E-state index in [1.54, 1.807) is 23.5 Å². The van der Waals surface area contributed by atoms with Crippen molar-refractivity contribution in [2.24, 2.45) is 0 Å². The molecule has 0 bridgehead atoms. The van der Waals surface area contributed by atoms with Crippen molar-refractivity contribution < 1.29 is 30.0 Å². The van der Waals surface area contributed by atoms with Gasteiger partial charge in [0.15, 0.2) is 0 Å². The summed E-state index contributed by atoms with van der Waals surface area (Å²) < 4.78 is 86.3. The Morgan fingerprint density at radius 1 is 0.971 bits per heavy atom. The van der Waals surface area contributed by atoms with E-state index >= 15 is 0 Å². The molecule has 0 aliphatic heterocycles. The van der Waals surface area contributed by atoms with Crippen molar-refractivity contribution in [3.8, 4) is 0 Å². The van der Waals surface area contributed by atoms with E-state index in [9.17, 15) is 30.0 Å². The summed E-state index contributed by atoms with van der Waals surface area (Å²) in [4.78, 5) is -0.582. The lowest BCUT2D eigenvalue weighted by molar-refractivity contribution is -0.0441. The highest BCUT2D eigenvalue weighted by atomic mass is 32.3. The summed E-state index contributed by atoms with van der Waals surface area (Å²) in [6.45, 7) is 6.01. The molecule has 0 aliphatic rings. The van der Waals surface area contributed by atoms with Crippen molar-refractivity contribution in [3.05, 3.63) is 65.7 Å². The molecule has 0 saturated heterocycles. The first-order valence-corrected chi connectivity index (χ1v) is 15.7. The lowest BCUT2D eigenvalue weighted by atomic mass is 9.76. The number of hydrogen-bond donors (Lipinski definition) is 1. The summed E-state index contributed by atoms with van der Waals surface area (Å²) in [5, 5.41) is 0. The molecular formula is C22H26F3NO4S5. The van der Waals surface area contributed by atoms with E-state index in [-0.39, 0.29) is 5.92 Å². The van der Waals surface area contributed by atoms with Crippen molar-refractivity contribution in [2.45, 2.75) is 48.9 Å². The molecule has 13 heteroatoms. The molecule has 0 spiro atoms. The summed E-state index contributed by atoms with van der Waals surface area (Å²) in [7, 11) is -11.0. The van der Waals surface area contributed by atoms with E-state index in [1.807, 2.05) is 51.1 Å². The van der Waals surface area contributed by atoms with E-state index in [0.717, 1.165) is 42.4 Å². The van der Waals surface area contributed by atoms with Crippen LogP contribution in [-0.2, 0) is 25.5 Å². The van der Waals surface area contributed by atoms with Gasteiger partial charge in [-0.3, -0.25) is 0 Å². The number of thioether (sulfide) groups is 2. The van der Waals surface area contributed by atoms with Gasteiger partial charge in [0, 0.05) is 5.75 Å². The van der Waals surface area contributed by atoms with Crippen LogP contribution in [0, 0.1) is 0 Å². The molecule has 0 amide bonds. The SMILES string of the molecule is CCSC(=S)SCC(CC(C)(C)c1ccc(S(=O)(=O)NS(=O)(=O)C(F)(F)F)cc1)c1ccccc1. The Kier molecular flexibility index (Phi) is 10.3. The highest BCUT2D eigenvalue weighted by Gasteiger charge is 2.48. The van der Waals surface area contributed by atoms with Gasteiger partial charge in [-0.05, 0) is 46.8 Å². The fraction of sp³-hybridized carbons (Fsp3) is 0.409. The van der Waals surface area contributed by atoms with Gasteiger partial charge in [0.05, 0.1) is 4.90 Å². The van der Waals surface area contributed by atoms with Crippen molar-refractivity contribution in [1.82, 2.24) is 4.13 Å². The molecule has 5 nitrogen and oxygen atoms in total. The van der Waals surface area contributed by atoms with Gasteiger partial charge < -0.3 is 0 Å². The zero-order chi connectivity index (χ0) is 26.5. The Balaban J connectivity index is 2.26. The third kappa shape index (κ3) is 8.46. The summed E-state index contributed by atoms with van der Waals surface area (Å²) in [6, 6.07) is 15.1. The summed E-state index contributed by atoms with van der Waals surface area (Å²) in [6.07, 6.45) is 0.691. The summed E-state index contributed by atoms with van der Waals surface area (Å²) in [5.74, 6) is 1.78. The smallest absolute Gasteiger partial charge is 0.206 e. The van der Waals surface area contributed by atoms with Gasteiger partial charge in [0.2, 0.25) is 0 Å². The molecule has 0 aliphatic carbocycles. The van der Waals surface area contributed by atoms with Gasteiger partial charge in [-0.25, -0.2) is 16.8 Å². The van der Waals surface area contributed by atoms with Crippen LogP contribution in [0.5, 0.6) is 0 Å². The second-order valence-electron chi connectivity index (χ2n) is 8.25. The Morgan fingerprint density at radius 2 is 1.54 bits per heavy atom. The second-order valence-corrected chi connectivity index (χ2v) is 15.4. The number of thiocarbonyl (C=S) groups is 1. The maximum atomic E-state index is 12.6. The number of nitrogens with one attached hydrogen (secondary N) is 1. The summed E-state index contributed by atoms with van der Waals surface area (Å²) in [5.41, 5.74) is -4.29. The van der Waals surface area contributed by atoms with Gasteiger partial charge in [-0.15, -0.1) is 23.5 Å². The maximum absolute atomic E-state index is 12.6. The molecule has 0 aromatic heterocycles. The lowest BCUT2D eigenvalue weighted by Crippen LogP contribution is -2.40. The Labute approximate surface area is 218 Å². The molecule has 194 valence electrons. The quantitative estimate of drug-likeness (QED) is 0.341. The predicted molar refractivity (Wildman–Crippen MR) is 142 cm³/mol. The number of sulfonamides is 2. The van der Waals surface area contributed by atoms with E-state index in [0.29, 0.717) is 6.42 Å². The molecule has 1 unspecified atom stereocenters. The highest BCUT2D eigenvalue weighted by molar-refractivity contribution is 8.47. The molecular weight excluding hydrogens is 560 g/mol. The van der Waals surface area contributed by atoms with Crippen LogP contribution in [0.4, 0.5) is 13.2 Å². The average Bonchev–Trinajstić information content (AvgIpc) is 2.76. The van der Waals surface area contributed by atoms with Gasteiger partial charge in [0.1, 0.15) is 3.53 Å². The second kappa shape index (κ2) is 12.0. The lowest BCUT2D eigenvalue weighted by Gasteiger charge is -2.31. The molecule has 2 aromatic rings. The van der Waals surface area contributed by atoms with E-state index in [1.165, 1.54) is 12.1 Å². The number of hydrogen-bond acceptors (Lipinski definition) is 7. The van der Waals surface area contributed by atoms with Crippen molar-refractivity contribution in [2.75, 3.05) is 11.5 Å². The largest absolute Gasteiger partial charge is 0.512 e. The zero-order valence-corrected chi connectivity index (χ0v) is 23.3. The first kappa shape index (κ1) is 30.1. The number of alkyl halides is 3. The molecule has 0 radical (unpaired) electrons. The van der Waals surface area contributed by atoms with Crippen LogP contribution in [0.1, 0.15) is 44.2 Å². The van der Waals surface area contributed by atoms with Gasteiger partial charge in [0.25, 0.3) is 10.0 Å². The van der Waals surface area contributed by atoms with Crippen LogP contribution in [0.2, 0.25) is 0 Å². The van der Waals surface area contributed by atoms with Crippen molar-refractivity contribution >= 4 is 59.3 Å². The summed E-state index contributed by atoms with van der Waals surface area (Å²) >= 11 is 8.64. The molecule has 35 heavy (non-hydrogen) atoms. The molecule has 2 rings (SSSR count). The fourth-order valence-electron chi connectivity index (χ4n) is 3.39. The van der Waals surface area contributed by atoms with Gasteiger partial charge in [-0.2, -0.15) is 13.2 Å². The standard InChI is InChI=1S/C22H26F3NO4S5/c1-4-32-20(31)33-15-17(16-8-6-5-7-9-16)14-21(2,3)18-10-12-19(13-11-18)34(27,28)26-35(29,30)22(23,24)25/h5-13,17,26H,4,14-15H2,1-3H3. The number of halogens is 3. The van der Waals surface area contributed by atoms with Crippen molar-refractivity contribution in [1.29, 1.82) is 0 Å². The van der Waals surface area contributed by atoms with Crippen LogP contribution in [0.25, 0.3) is 0 Å². The van der Waals surface area contributed by atoms with Crippen LogP contribution >= 0.6 is 35.7 Å². The minimum absolute atomic E-state index is 0.133. The topological polar surface area (TPSA) is 80.3 Å². The first-order chi connectivity index (χ1) is 16.1. The molecule has 2 aromatic carbocycles. The Bertz CT molecular complexity index is 1210. The minimum atomic E-state index is -6.06. The van der Waals surface area contributed by atoms with Crippen LogP contribution in [0.3, 0.4) is 0 Å². The van der Waals surface area contributed by atoms with Crippen LogP contribution < -0.4 is 4.13 Å². The van der Waals surface area contributed by atoms with Gasteiger partial charge >= 0.3 is 15.5 Å². The van der Waals surface area contributed by atoms with E-state index in [2.05, 4.69) is 0 Å². The monoisotopic (exact) mass is 585 g/mol. The highest BCUT2D eigenvalue weighted by Crippen LogP contribution is 2.38. The number of benzene rings is 2. The third-order valence-corrected chi connectivity index (χ3v) is 11.2.